The molecule has 0 saturated carbocycles. The van der Waals surface area contributed by atoms with Crippen molar-refractivity contribution in [2.75, 3.05) is 75.4 Å². The number of nitrogens with zero attached hydrogens (tertiary/aromatic N) is 4. The zero-order valence-corrected chi connectivity index (χ0v) is 54.5. The summed E-state index contributed by atoms with van der Waals surface area (Å²) in [6.07, 6.45) is 0. The van der Waals surface area contributed by atoms with Gasteiger partial charge in [0.1, 0.15) is 48.9 Å². The highest BCUT2D eigenvalue weighted by atomic mass is 16.5. The molecule has 492 valence electrons. The minimum absolute atomic E-state index is 0.0142. The smallest absolute Gasteiger partial charge is 0.338 e. The van der Waals surface area contributed by atoms with Gasteiger partial charge >= 0.3 is 11.9 Å². The van der Waals surface area contributed by atoms with E-state index in [1.54, 1.807) is 38.1 Å². The number of hydrogen-bond donors (Lipinski definition) is 6. The number of carbonyl (C=O) groups excluding carboxylic acids is 4. The molecule has 6 aromatic rings. The van der Waals surface area contributed by atoms with E-state index in [0.717, 1.165) is 154 Å². The van der Waals surface area contributed by atoms with Crippen molar-refractivity contribution in [3.63, 3.8) is 0 Å². The second-order valence-corrected chi connectivity index (χ2v) is 21.2. The zero-order valence-electron chi connectivity index (χ0n) is 54.5. The number of rotatable bonds is 18. The van der Waals surface area contributed by atoms with Crippen LogP contribution in [0.5, 0.6) is 34.5 Å². The van der Waals surface area contributed by atoms with E-state index in [2.05, 4.69) is 132 Å². The fraction of sp³-hybridized carbons (Fsp3) is 0.270. The molecular formula is C74H80N4O16. The van der Waals surface area contributed by atoms with Gasteiger partial charge in [0, 0.05) is 106 Å². The Morgan fingerprint density at radius 2 is 0.745 bits per heavy atom. The highest BCUT2D eigenvalue weighted by Crippen LogP contribution is 2.44. The highest BCUT2D eigenvalue weighted by Gasteiger charge is 2.24. The van der Waals surface area contributed by atoms with Crippen molar-refractivity contribution in [3.05, 3.63) is 179 Å². The molecule has 0 aromatic heterocycles. The van der Waals surface area contributed by atoms with Crippen molar-refractivity contribution in [1.82, 2.24) is 9.15 Å². The van der Waals surface area contributed by atoms with Gasteiger partial charge in [-0.05, 0) is 141 Å². The van der Waals surface area contributed by atoms with Gasteiger partial charge in [-0.1, -0.05) is 48.5 Å². The number of phenols is 6. The second kappa shape index (κ2) is 32.3. The number of carboxylic acid groups (broad SMARTS) is 2. The number of esters is 2. The van der Waals surface area contributed by atoms with E-state index in [1.165, 1.54) is 0 Å². The van der Waals surface area contributed by atoms with E-state index in [0.29, 0.717) is 11.1 Å². The molecule has 2 aliphatic heterocycles. The van der Waals surface area contributed by atoms with Crippen LogP contribution in [0.3, 0.4) is 0 Å². The number of benzene rings is 8. The molecule has 0 radical (unpaired) electrons. The molecule has 6 aromatic carbocycles. The van der Waals surface area contributed by atoms with E-state index in [4.69, 9.17) is 39.5 Å². The van der Waals surface area contributed by atoms with Crippen molar-refractivity contribution in [1.29, 1.82) is 0 Å². The van der Waals surface area contributed by atoms with Crippen LogP contribution in [0.4, 0.5) is 11.4 Å². The number of aromatic carboxylic acids is 2. The maximum atomic E-state index is 12.0. The third-order valence-corrected chi connectivity index (χ3v) is 15.9. The first-order valence-corrected chi connectivity index (χ1v) is 31.3. The minimum Gasteiger partial charge on any atom is -0.545 e. The minimum atomic E-state index is -1.19. The lowest BCUT2D eigenvalue weighted by Crippen LogP contribution is -2.29. The molecule has 94 heavy (non-hydrogen) atoms. The van der Waals surface area contributed by atoms with Crippen molar-refractivity contribution >= 4 is 57.2 Å². The quantitative estimate of drug-likeness (QED) is 0.0201. The molecule has 4 aliphatic rings. The van der Waals surface area contributed by atoms with Crippen molar-refractivity contribution < 1.29 is 78.3 Å². The van der Waals surface area contributed by atoms with Crippen LogP contribution in [0.15, 0.2) is 154 Å². The lowest BCUT2D eigenvalue weighted by Gasteiger charge is -2.23. The molecule has 20 nitrogen and oxygen atoms in total. The van der Waals surface area contributed by atoms with Gasteiger partial charge in [-0.25, -0.2) is 18.7 Å². The van der Waals surface area contributed by atoms with Gasteiger partial charge < -0.3 is 78.5 Å². The van der Waals surface area contributed by atoms with Crippen LogP contribution in [-0.2, 0) is 9.47 Å². The SMILES string of the molecule is CCN(CC)c1ccc2c(-c3ccccc3C(=O)[O-])c3ccc(=[N+](CC)CC)cc-3oc2c1.CCN(CC)c1ccc2c(-c3ccccc3C(=O)[O-])c3ccc(=[N+](CC)CC)cc-3oc2c1.CCOC(=O)c1cc(O)c(O)c(O)c1.CCOC(=O)c1cc(O)c(O)c(O)c1. The van der Waals surface area contributed by atoms with E-state index < -0.39 is 58.4 Å². The molecule has 0 amide bonds. The fourth-order valence-electron chi connectivity index (χ4n) is 11.1. The van der Waals surface area contributed by atoms with Gasteiger partial charge in [0.15, 0.2) is 34.5 Å². The van der Waals surface area contributed by atoms with Crippen LogP contribution in [-0.4, -0.2) is 120 Å². The molecule has 0 bridgehead atoms. The number of carboxylic acids is 2. The van der Waals surface area contributed by atoms with Crippen LogP contribution >= 0.6 is 0 Å². The summed E-state index contributed by atoms with van der Waals surface area (Å²) in [6, 6.07) is 42.8. The van der Waals surface area contributed by atoms with Gasteiger partial charge in [0.05, 0.1) is 48.4 Å². The standard InChI is InChI=1S/2C28H30N2O3.2C9H10O5/c2*1-5-29(6-2)19-13-15-23-25(17-19)33-26-18-20(30(7-3)8-4)14-16-24(26)27(23)21-11-9-10-12-22(21)28(31)32;2*1-2-14-9(13)5-3-6(10)8(12)7(11)4-5/h2*9-18H,5-8H2,1-4H3;2*3-4,10-12H,2H2,1H3. The van der Waals surface area contributed by atoms with E-state index in [9.17, 15) is 29.4 Å². The average Bonchev–Trinajstić information content (AvgIpc) is 0.756. The van der Waals surface area contributed by atoms with Crippen molar-refractivity contribution in [2.45, 2.75) is 69.2 Å². The number of carbonyl (C=O) groups is 4. The molecule has 2 aliphatic carbocycles. The van der Waals surface area contributed by atoms with Crippen LogP contribution in [0.25, 0.3) is 66.8 Å². The Labute approximate surface area is 544 Å². The largest absolute Gasteiger partial charge is 0.545 e. The normalized spacial score (nSPS) is 10.7. The monoisotopic (exact) mass is 1280 g/mol. The number of ether oxygens (including phenoxy) is 2. The molecule has 0 saturated heterocycles. The predicted molar refractivity (Wildman–Crippen MR) is 360 cm³/mol. The maximum Gasteiger partial charge on any atom is 0.338 e. The number of phenolic OH excluding ortho intramolecular Hbond substituents is 6. The molecular weight excluding hydrogens is 1200 g/mol. The summed E-state index contributed by atoms with van der Waals surface area (Å²) in [6.45, 7) is 27.8. The van der Waals surface area contributed by atoms with Gasteiger partial charge in [0.25, 0.3) is 0 Å². The topological polar surface area (TPSA) is 293 Å². The van der Waals surface area contributed by atoms with Gasteiger partial charge in [0.2, 0.25) is 10.7 Å². The highest BCUT2D eigenvalue weighted by molar-refractivity contribution is 6.09. The number of fused-ring (bicyclic) bond motifs is 4. The van der Waals surface area contributed by atoms with E-state index in [1.807, 2.05) is 48.5 Å². The predicted octanol–water partition coefficient (Wildman–Crippen LogP) is 10.4. The van der Waals surface area contributed by atoms with Gasteiger partial charge in [-0.2, -0.15) is 0 Å². The molecule has 0 fully saturated rings. The van der Waals surface area contributed by atoms with Crippen LogP contribution in [0.1, 0.15) is 111 Å². The molecule has 0 unspecified atom stereocenters. The van der Waals surface area contributed by atoms with Crippen LogP contribution in [0, 0.1) is 0 Å². The number of hydrogen-bond acceptors (Lipinski definition) is 18. The number of anilines is 2. The average molecular weight is 1280 g/mol. The summed E-state index contributed by atoms with van der Waals surface area (Å²) in [5, 5.41) is 82.1. The number of aromatic hydroxyl groups is 6. The van der Waals surface area contributed by atoms with Gasteiger partial charge in [-0.3, -0.25) is 0 Å². The molecule has 20 heteroatoms. The van der Waals surface area contributed by atoms with Crippen LogP contribution in [0.2, 0.25) is 0 Å². The molecule has 0 spiro atoms. The summed E-state index contributed by atoms with van der Waals surface area (Å²) < 4.78 is 26.7. The Bertz CT molecular complexity index is 4110. The third kappa shape index (κ3) is 15.8. The Morgan fingerprint density at radius 1 is 0.415 bits per heavy atom. The Kier molecular flexibility index (Phi) is 24.2. The molecule has 0 atom stereocenters. The van der Waals surface area contributed by atoms with Crippen molar-refractivity contribution in [2.24, 2.45) is 0 Å². The fourth-order valence-corrected chi connectivity index (χ4v) is 11.1. The molecule has 2 heterocycles. The Morgan fingerprint density at radius 3 is 1.04 bits per heavy atom. The lowest BCUT2D eigenvalue weighted by atomic mass is 9.90. The van der Waals surface area contributed by atoms with Gasteiger partial charge in [-0.15, -0.1) is 0 Å². The Balaban J connectivity index is 0.000000191. The summed E-state index contributed by atoms with van der Waals surface area (Å²) in [5.41, 5.74) is 8.65. The zero-order chi connectivity index (χ0) is 68.5. The first-order chi connectivity index (χ1) is 45.1. The molecule has 10 rings (SSSR count). The summed E-state index contributed by atoms with van der Waals surface area (Å²) >= 11 is 0. The summed E-state index contributed by atoms with van der Waals surface area (Å²) in [4.78, 5) is 50.7. The van der Waals surface area contributed by atoms with Crippen LogP contribution < -0.4 is 39.9 Å². The first kappa shape index (κ1) is 70.4. The summed E-state index contributed by atoms with van der Waals surface area (Å²) in [5.74, 6) is -5.81. The summed E-state index contributed by atoms with van der Waals surface area (Å²) in [7, 11) is 0. The van der Waals surface area contributed by atoms with E-state index in [-0.39, 0.29) is 35.5 Å². The maximum absolute atomic E-state index is 12.0. The molecule has 6 N–H and O–H groups in total. The lowest BCUT2D eigenvalue weighted by molar-refractivity contribution is -0.256. The first-order valence-electron chi connectivity index (χ1n) is 31.3. The van der Waals surface area contributed by atoms with E-state index >= 15 is 0 Å². The second-order valence-electron chi connectivity index (χ2n) is 21.2. The third-order valence-electron chi connectivity index (χ3n) is 15.9. The Hall–Kier alpha value is -11.0. The van der Waals surface area contributed by atoms with Crippen molar-refractivity contribution in [3.8, 4) is 79.4 Å².